The number of para-hydroxylation sites is 1. The number of benzene rings is 1. The van der Waals surface area contributed by atoms with Gasteiger partial charge in [0.1, 0.15) is 12.7 Å². The Labute approximate surface area is 130 Å². The van der Waals surface area contributed by atoms with E-state index in [1.807, 2.05) is 30.5 Å². The number of hydrogen-bond acceptors (Lipinski definition) is 6. The van der Waals surface area contributed by atoms with Gasteiger partial charge in [0.15, 0.2) is 11.5 Å². The van der Waals surface area contributed by atoms with E-state index in [0.29, 0.717) is 5.82 Å². The molecular formula is C14H12N6OS. The van der Waals surface area contributed by atoms with Gasteiger partial charge in [0.25, 0.3) is 5.91 Å². The van der Waals surface area contributed by atoms with E-state index < -0.39 is 0 Å². The quantitative estimate of drug-likeness (QED) is 0.742. The number of rotatable bonds is 4. The molecule has 0 aliphatic carbocycles. The summed E-state index contributed by atoms with van der Waals surface area (Å²) in [5, 5.41) is 14.7. The van der Waals surface area contributed by atoms with Gasteiger partial charge in [-0.05, 0) is 30.5 Å². The van der Waals surface area contributed by atoms with Crippen LogP contribution in [-0.4, -0.2) is 37.1 Å². The monoisotopic (exact) mass is 312 g/mol. The lowest BCUT2D eigenvalue weighted by Crippen LogP contribution is -2.15. The van der Waals surface area contributed by atoms with Gasteiger partial charge in [0, 0.05) is 4.90 Å². The molecule has 0 radical (unpaired) electrons. The second-order valence-electron chi connectivity index (χ2n) is 4.27. The van der Waals surface area contributed by atoms with Crippen LogP contribution in [0.3, 0.4) is 0 Å². The van der Waals surface area contributed by atoms with Crippen molar-refractivity contribution in [2.24, 2.45) is 0 Å². The van der Waals surface area contributed by atoms with E-state index in [1.54, 1.807) is 23.9 Å². The van der Waals surface area contributed by atoms with Crippen LogP contribution in [0.1, 0.15) is 10.5 Å². The van der Waals surface area contributed by atoms with Gasteiger partial charge in [-0.25, -0.2) is 9.67 Å². The van der Waals surface area contributed by atoms with Gasteiger partial charge < -0.3 is 5.32 Å². The number of aromatic nitrogens is 5. The first-order chi connectivity index (χ1) is 10.8. The maximum absolute atomic E-state index is 12.2. The van der Waals surface area contributed by atoms with Crippen LogP contribution in [0.25, 0.3) is 5.82 Å². The van der Waals surface area contributed by atoms with Crippen LogP contribution in [0.15, 0.2) is 53.9 Å². The highest BCUT2D eigenvalue weighted by Crippen LogP contribution is 2.24. The summed E-state index contributed by atoms with van der Waals surface area (Å²) in [6, 6.07) is 10.8. The van der Waals surface area contributed by atoms with Crippen LogP contribution in [0.2, 0.25) is 0 Å². The molecule has 0 bridgehead atoms. The van der Waals surface area contributed by atoms with Crippen LogP contribution in [0.4, 0.5) is 5.69 Å². The van der Waals surface area contributed by atoms with Gasteiger partial charge in [-0.15, -0.1) is 22.0 Å². The summed E-state index contributed by atoms with van der Waals surface area (Å²) in [6.45, 7) is 0. The number of hydrogen-bond donors (Lipinski definition) is 1. The fourth-order valence-electron chi connectivity index (χ4n) is 1.83. The van der Waals surface area contributed by atoms with Crippen molar-refractivity contribution >= 4 is 23.4 Å². The molecule has 8 heteroatoms. The zero-order chi connectivity index (χ0) is 15.4. The largest absolute Gasteiger partial charge is 0.320 e. The summed E-state index contributed by atoms with van der Waals surface area (Å²) in [7, 11) is 0. The maximum atomic E-state index is 12.2. The van der Waals surface area contributed by atoms with E-state index in [2.05, 4.69) is 25.6 Å². The summed E-state index contributed by atoms with van der Waals surface area (Å²) < 4.78 is 1.47. The van der Waals surface area contributed by atoms with E-state index in [4.69, 9.17) is 0 Å². The highest BCUT2D eigenvalue weighted by molar-refractivity contribution is 7.98. The van der Waals surface area contributed by atoms with Crippen molar-refractivity contribution in [1.82, 2.24) is 25.0 Å². The van der Waals surface area contributed by atoms with Crippen LogP contribution < -0.4 is 5.32 Å². The number of carbonyl (C=O) groups is 1. The van der Waals surface area contributed by atoms with Crippen molar-refractivity contribution in [3.8, 4) is 5.82 Å². The second-order valence-corrected chi connectivity index (χ2v) is 5.12. The lowest BCUT2D eigenvalue weighted by atomic mass is 10.3. The van der Waals surface area contributed by atoms with Crippen LogP contribution >= 0.6 is 11.8 Å². The van der Waals surface area contributed by atoms with E-state index in [0.717, 1.165) is 10.6 Å². The van der Waals surface area contributed by atoms with Gasteiger partial charge >= 0.3 is 0 Å². The molecular weight excluding hydrogens is 300 g/mol. The van der Waals surface area contributed by atoms with Crippen molar-refractivity contribution in [2.45, 2.75) is 4.90 Å². The Hall–Kier alpha value is -2.74. The molecule has 7 nitrogen and oxygen atoms in total. The minimum atomic E-state index is -0.306. The Bertz CT molecular complexity index is 772. The molecule has 1 amide bonds. The maximum Gasteiger partial charge on any atom is 0.276 e. The number of carbonyl (C=O) groups excluding carboxylic acids is 1. The first-order valence-corrected chi connectivity index (χ1v) is 7.63. The molecule has 0 unspecified atom stereocenters. The number of amides is 1. The molecule has 3 rings (SSSR count). The number of nitrogens with zero attached hydrogens (tertiary/aromatic N) is 5. The Morgan fingerprint density at radius 1 is 1.18 bits per heavy atom. The summed E-state index contributed by atoms with van der Waals surface area (Å²) in [5.74, 6) is 0.192. The summed E-state index contributed by atoms with van der Waals surface area (Å²) >= 11 is 1.56. The van der Waals surface area contributed by atoms with Gasteiger partial charge in [0.2, 0.25) is 0 Å². The lowest BCUT2D eigenvalue weighted by Gasteiger charge is -2.08. The smallest absolute Gasteiger partial charge is 0.276 e. The van der Waals surface area contributed by atoms with Gasteiger partial charge in [-0.2, -0.15) is 5.10 Å². The summed E-state index contributed by atoms with van der Waals surface area (Å²) in [5.41, 5.74) is 0.988. The normalized spacial score (nSPS) is 10.4. The Morgan fingerprint density at radius 2 is 2.05 bits per heavy atom. The minimum Gasteiger partial charge on any atom is -0.320 e. The zero-order valence-corrected chi connectivity index (χ0v) is 12.5. The lowest BCUT2D eigenvalue weighted by molar-refractivity contribution is 0.102. The molecule has 22 heavy (non-hydrogen) atoms. The average molecular weight is 312 g/mol. The molecule has 3 aromatic rings. The Kier molecular flexibility index (Phi) is 4.10. The molecule has 1 aromatic carbocycles. The number of thioether (sulfide) groups is 1. The highest BCUT2D eigenvalue weighted by Gasteiger charge is 2.11. The summed E-state index contributed by atoms with van der Waals surface area (Å²) in [4.78, 5) is 17.0. The third kappa shape index (κ3) is 2.96. The number of anilines is 1. The molecule has 0 saturated carbocycles. The average Bonchev–Trinajstić information content (AvgIpc) is 3.10. The van der Waals surface area contributed by atoms with Crippen LogP contribution in [-0.2, 0) is 0 Å². The predicted octanol–water partition coefficient (Wildman–Crippen LogP) is 2.03. The first-order valence-electron chi connectivity index (χ1n) is 6.41. The van der Waals surface area contributed by atoms with Crippen molar-refractivity contribution in [2.75, 3.05) is 11.6 Å². The zero-order valence-electron chi connectivity index (χ0n) is 11.7. The Morgan fingerprint density at radius 3 is 2.73 bits per heavy atom. The van der Waals surface area contributed by atoms with E-state index >= 15 is 0 Å². The van der Waals surface area contributed by atoms with Gasteiger partial charge in [-0.3, -0.25) is 4.79 Å². The SMILES string of the molecule is CSc1ccccc1NC(=O)c1ccc(-n2cncn2)nn1. The van der Waals surface area contributed by atoms with Crippen LogP contribution in [0.5, 0.6) is 0 Å². The third-order valence-electron chi connectivity index (χ3n) is 2.89. The molecule has 0 saturated heterocycles. The molecule has 2 aromatic heterocycles. The first kappa shape index (κ1) is 14.2. The topological polar surface area (TPSA) is 85.6 Å². The molecule has 0 aliphatic rings. The second kappa shape index (κ2) is 6.35. The standard InChI is InChI=1S/C14H12N6OS/c1-22-12-5-3-2-4-10(12)17-14(21)11-6-7-13(19-18-11)20-9-15-8-16-20/h2-9H,1H3,(H,17,21). The van der Waals surface area contributed by atoms with Crippen molar-refractivity contribution in [3.63, 3.8) is 0 Å². The molecule has 0 fully saturated rings. The molecule has 0 atom stereocenters. The number of nitrogens with one attached hydrogen (secondary N) is 1. The van der Waals surface area contributed by atoms with Gasteiger partial charge in [-0.1, -0.05) is 12.1 Å². The summed E-state index contributed by atoms with van der Waals surface area (Å²) in [6.07, 6.45) is 4.87. The third-order valence-corrected chi connectivity index (χ3v) is 3.69. The Balaban J connectivity index is 1.78. The highest BCUT2D eigenvalue weighted by atomic mass is 32.2. The molecule has 0 spiro atoms. The van der Waals surface area contributed by atoms with E-state index in [9.17, 15) is 4.79 Å². The van der Waals surface area contributed by atoms with E-state index in [1.165, 1.54) is 17.3 Å². The van der Waals surface area contributed by atoms with Crippen LogP contribution in [0, 0.1) is 0 Å². The fraction of sp³-hybridized carbons (Fsp3) is 0.0714. The molecule has 110 valence electrons. The van der Waals surface area contributed by atoms with Crippen molar-refractivity contribution in [3.05, 3.63) is 54.7 Å². The fourth-order valence-corrected chi connectivity index (χ4v) is 2.38. The van der Waals surface area contributed by atoms with Crippen molar-refractivity contribution in [1.29, 1.82) is 0 Å². The minimum absolute atomic E-state index is 0.236. The van der Waals surface area contributed by atoms with E-state index in [-0.39, 0.29) is 11.6 Å². The molecule has 2 heterocycles. The van der Waals surface area contributed by atoms with Crippen molar-refractivity contribution < 1.29 is 4.79 Å². The molecule has 0 aliphatic heterocycles. The predicted molar refractivity (Wildman–Crippen MR) is 83.1 cm³/mol. The molecule has 1 N–H and O–H groups in total. The van der Waals surface area contributed by atoms with Gasteiger partial charge in [0.05, 0.1) is 5.69 Å².